The monoisotopic (exact) mass is 340 g/mol. The molecule has 8 heteroatoms. The fraction of sp³-hybridized carbons (Fsp3) is 0.444. The average molecular weight is 341 g/mol. The van der Waals surface area contributed by atoms with E-state index < -0.39 is 10.0 Å². The van der Waals surface area contributed by atoms with Crippen molar-refractivity contribution in [2.24, 2.45) is 0 Å². The molecule has 0 radical (unpaired) electrons. The van der Waals surface area contributed by atoms with E-state index in [9.17, 15) is 13.2 Å². The van der Waals surface area contributed by atoms with Crippen molar-refractivity contribution in [1.29, 1.82) is 0 Å². The number of thiophene rings is 1. The first-order valence-corrected chi connectivity index (χ1v) is 8.07. The quantitative estimate of drug-likeness (QED) is 0.842. The molecule has 1 aromatic heterocycles. The van der Waals surface area contributed by atoms with Crippen molar-refractivity contribution in [3.05, 3.63) is 20.3 Å². The van der Waals surface area contributed by atoms with Crippen LogP contribution in [0.25, 0.3) is 0 Å². The van der Waals surface area contributed by atoms with Crippen LogP contribution in [0.15, 0.2) is 9.85 Å². The Hall–Kier alpha value is -0.440. The highest BCUT2D eigenvalue weighted by Gasteiger charge is 2.12. The largest absolute Gasteiger partial charge is 0.350 e. The van der Waals surface area contributed by atoms with Crippen LogP contribution in [0.2, 0.25) is 0 Å². The SMILES string of the molecule is CNS(=O)(=O)CCNC(=O)c1cc(C)c(Br)s1. The number of nitrogens with one attached hydrogen (secondary N) is 2. The van der Waals surface area contributed by atoms with E-state index in [-0.39, 0.29) is 18.2 Å². The molecule has 0 aliphatic rings. The minimum Gasteiger partial charge on any atom is -0.350 e. The number of carbonyl (C=O) groups is 1. The van der Waals surface area contributed by atoms with Gasteiger partial charge in [-0.15, -0.1) is 11.3 Å². The molecule has 0 saturated heterocycles. The van der Waals surface area contributed by atoms with Crippen LogP contribution in [-0.4, -0.2) is 33.7 Å². The van der Waals surface area contributed by atoms with E-state index in [1.54, 1.807) is 6.07 Å². The summed E-state index contributed by atoms with van der Waals surface area (Å²) < 4.78 is 25.3. The van der Waals surface area contributed by atoms with Crippen LogP contribution in [0.4, 0.5) is 0 Å². The number of hydrogen-bond donors (Lipinski definition) is 2. The second-order valence-electron chi connectivity index (χ2n) is 3.35. The lowest BCUT2D eigenvalue weighted by Gasteiger charge is -2.03. The number of carbonyl (C=O) groups excluding carboxylic acids is 1. The van der Waals surface area contributed by atoms with Gasteiger partial charge in [-0.2, -0.15) is 0 Å². The van der Waals surface area contributed by atoms with Crippen molar-refractivity contribution in [1.82, 2.24) is 10.0 Å². The second-order valence-corrected chi connectivity index (χ2v) is 7.76. The van der Waals surface area contributed by atoms with Crippen molar-refractivity contribution >= 4 is 43.2 Å². The van der Waals surface area contributed by atoms with E-state index in [0.717, 1.165) is 9.35 Å². The number of aryl methyl sites for hydroxylation is 1. The van der Waals surface area contributed by atoms with E-state index in [4.69, 9.17) is 0 Å². The van der Waals surface area contributed by atoms with Crippen LogP contribution >= 0.6 is 27.3 Å². The molecule has 0 aliphatic heterocycles. The molecule has 1 amide bonds. The highest BCUT2D eigenvalue weighted by Crippen LogP contribution is 2.27. The Morgan fingerprint density at radius 3 is 2.65 bits per heavy atom. The lowest BCUT2D eigenvalue weighted by atomic mass is 10.3. The van der Waals surface area contributed by atoms with Crippen LogP contribution in [0.3, 0.4) is 0 Å². The average Bonchev–Trinajstić information content (AvgIpc) is 2.59. The first-order valence-electron chi connectivity index (χ1n) is 4.81. The summed E-state index contributed by atoms with van der Waals surface area (Å²) in [7, 11) is -1.93. The fourth-order valence-corrected chi connectivity index (χ4v) is 3.09. The van der Waals surface area contributed by atoms with Crippen LogP contribution in [0.5, 0.6) is 0 Å². The molecule has 0 bridgehead atoms. The number of sulfonamides is 1. The van der Waals surface area contributed by atoms with Crippen LogP contribution < -0.4 is 10.0 Å². The minimum absolute atomic E-state index is 0.0938. The fourth-order valence-electron chi connectivity index (χ4n) is 1.06. The number of halogens is 1. The lowest BCUT2D eigenvalue weighted by molar-refractivity contribution is 0.0960. The molecule has 1 aromatic rings. The molecule has 0 unspecified atom stereocenters. The van der Waals surface area contributed by atoms with E-state index in [1.165, 1.54) is 18.4 Å². The topological polar surface area (TPSA) is 75.3 Å². The highest BCUT2D eigenvalue weighted by molar-refractivity contribution is 9.11. The summed E-state index contributed by atoms with van der Waals surface area (Å²) in [6, 6.07) is 1.76. The van der Waals surface area contributed by atoms with Gasteiger partial charge in [0.15, 0.2) is 0 Å². The summed E-state index contributed by atoms with van der Waals surface area (Å²) in [5, 5.41) is 2.56. The summed E-state index contributed by atoms with van der Waals surface area (Å²) in [4.78, 5) is 12.2. The molecule has 1 rings (SSSR count). The summed E-state index contributed by atoms with van der Waals surface area (Å²) >= 11 is 4.65. The normalized spacial score (nSPS) is 11.5. The number of rotatable bonds is 5. The van der Waals surface area contributed by atoms with Gasteiger partial charge in [0.05, 0.1) is 14.4 Å². The van der Waals surface area contributed by atoms with Crippen molar-refractivity contribution in [3.63, 3.8) is 0 Å². The molecule has 17 heavy (non-hydrogen) atoms. The van der Waals surface area contributed by atoms with Crippen molar-refractivity contribution in [2.75, 3.05) is 19.3 Å². The first-order chi connectivity index (χ1) is 7.85. The Bertz CT molecular complexity index is 491. The van der Waals surface area contributed by atoms with E-state index in [0.29, 0.717) is 4.88 Å². The van der Waals surface area contributed by atoms with Gasteiger partial charge in [-0.05, 0) is 41.5 Å². The third-order valence-corrected chi connectivity index (χ3v) is 5.55. The van der Waals surface area contributed by atoms with Gasteiger partial charge in [0.2, 0.25) is 10.0 Å². The first kappa shape index (κ1) is 14.6. The molecule has 0 spiro atoms. The minimum atomic E-state index is -3.27. The number of amides is 1. The van der Waals surface area contributed by atoms with Gasteiger partial charge >= 0.3 is 0 Å². The van der Waals surface area contributed by atoms with E-state index >= 15 is 0 Å². The third kappa shape index (κ3) is 4.38. The molecule has 0 aromatic carbocycles. The zero-order valence-electron chi connectivity index (χ0n) is 9.41. The van der Waals surface area contributed by atoms with Gasteiger partial charge in [-0.3, -0.25) is 4.79 Å². The predicted octanol–water partition coefficient (Wildman–Crippen LogP) is 1.10. The molecular weight excluding hydrogens is 328 g/mol. The van der Waals surface area contributed by atoms with Crippen LogP contribution in [-0.2, 0) is 10.0 Å². The lowest BCUT2D eigenvalue weighted by Crippen LogP contribution is -2.32. The maximum absolute atomic E-state index is 11.6. The van der Waals surface area contributed by atoms with Gasteiger partial charge in [-0.1, -0.05) is 0 Å². The van der Waals surface area contributed by atoms with Crippen molar-refractivity contribution in [2.45, 2.75) is 6.92 Å². The molecule has 1 heterocycles. The Kier molecular flexibility index (Phi) is 5.11. The summed E-state index contributed by atoms with van der Waals surface area (Å²) in [5.41, 5.74) is 0.989. The summed E-state index contributed by atoms with van der Waals surface area (Å²) in [6.45, 7) is 1.99. The zero-order chi connectivity index (χ0) is 13.1. The standard InChI is InChI=1S/C9H13BrN2O3S2/c1-6-5-7(16-8(6)10)9(13)12-3-4-17(14,15)11-2/h5,11H,3-4H2,1-2H3,(H,12,13). The third-order valence-electron chi connectivity index (χ3n) is 2.05. The van der Waals surface area contributed by atoms with Crippen LogP contribution in [0, 0.1) is 6.92 Å². The van der Waals surface area contributed by atoms with Crippen molar-refractivity contribution < 1.29 is 13.2 Å². The molecule has 96 valence electrons. The Morgan fingerprint density at radius 1 is 1.53 bits per heavy atom. The Morgan fingerprint density at radius 2 is 2.18 bits per heavy atom. The van der Waals surface area contributed by atoms with Crippen molar-refractivity contribution in [3.8, 4) is 0 Å². The Labute approximate surface area is 113 Å². The van der Waals surface area contributed by atoms with Gasteiger partial charge in [0.1, 0.15) is 0 Å². The molecule has 0 saturated carbocycles. The summed E-state index contributed by atoms with van der Waals surface area (Å²) in [5.74, 6) is -0.379. The highest BCUT2D eigenvalue weighted by atomic mass is 79.9. The zero-order valence-corrected chi connectivity index (χ0v) is 12.6. The maximum atomic E-state index is 11.6. The number of hydrogen-bond acceptors (Lipinski definition) is 4. The molecule has 0 aliphatic carbocycles. The van der Waals surface area contributed by atoms with Gasteiger partial charge in [-0.25, -0.2) is 13.1 Å². The second kappa shape index (κ2) is 5.94. The van der Waals surface area contributed by atoms with Gasteiger partial charge < -0.3 is 5.32 Å². The van der Waals surface area contributed by atoms with Gasteiger partial charge in [0.25, 0.3) is 5.91 Å². The summed E-state index contributed by atoms with van der Waals surface area (Å²) in [6.07, 6.45) is 0. The van der Waals surface area contributed by atoms with E-state index in [2.05, 4.69) is 26.0 Å². The molecule has 0 atom stereocenters. The van der Waals surface area contributed by atoms with Gasteiger partial charge in [0, 0.05) is 6.54 Å². The smallest absolute Gasteiger partial charge is 0.261 e. The van der Waals surface area contributed by atoms with Crippen LogP contribution in [0.1, 0.15) is 15.2 Å². The molecular formula is C9H13BrN2O3S2. The molecule has 0 fully saturated rings. The molecule has 2 N–H and O–H groups in total. The Balaban J connectivity index is 2.51. The predicted molar refractivity (Wildman–Crippen MR) is 71.9 cm³/mol. The van der Waals surface area contributed by atoms with E-state index in [1.807, 2.05) is 6.92 Å². The maximum Gasteiger partial charge on any atom is 0.261 e. The molecule has 5 nitrogen and oxygen atoms in total.